The summed E-state index contributed by atoms with van der Waals surface area (Å²) < 4.78 is 0.299. The lowest BCUT2D eigenvalue weighted by molar-refractivity contribution is 0.0944. The first-order valence-corrected chi connectivity index (χ1v) is 7.14. The average molecular weight is 276 g/mol. The van der Waals surface area contributed by atoms with Crippen LogP contribution in [0.5, 0.6) is 0 Å². The summed E-state index contributed by atoms with van der Waals surface area (Å²) in [6.45, 7) is 5.02. The number of nitrogens with zero attached hydrogens (tertiary/aromatic N) is 2. The Morgan fingerprint density at radius 1 is 1.47 bits per heavy atom. The highest BCUT2D eigenvalue weighted by Crippen LogP contribution is 2.15. The second-order valence-electron chi connectivity index (χ2n) is 3.99. The van der Waals surface area contributed by atoms with Crippen LogP contribution in [0.3, 0.4) is 0 Å². The number of halogens is 1. The third-order valence-electron chi connectivity index (χ3n) is 2.69. The summed E-state index contributed by atoms with van der Waals surface area (Å²) in [7, 11) is 0. The van der Waals surface area contributed by atoms with E-state index in [9.17, 15) is 4.79 Å². The number of rotatable bonds is 7. The number of hydrogen-bond donors (Lipinski definition) is 1. The van der Waals surface area contributed by atoms with Gasteiger partial charge in [0.05, 0.1) is 0 Å². The molecule has 0 aromatic carbocycles. The molecule has 0 aliphatic carbocycles. The van der Waals surface area contributed by atoms with Crippen molar-refractivity contribution < 1.29 is 4.79 Å². The van der Waals surface area contributed by atoms with Gasteiger partial charge < -0.3 is 5.32 Å². The van der Waals surface area contributed by atoms with Gasteiger partial charge in [0, 0.05) is 6.54 Å². The van der Waals surface area contributed by atoms with Crippen molar-refractivity contribution in [2.45, 2.75) is 39.5 Å². The Morgan fingerprint density at radius 2 is 2.24 bits per heavy atom. The fourth-order valence-electron chi connectivity index (χ4n) is 1.55. The Hall–Kier alpha value is -0.680. The minimum absolute atomic E-state index is 0.177. The first-order chi connectivity index (χ1) is 8.17. The van der Waals surface area contributed by atoms with Crippen molar-refractivity contribution in [3.05, 3.63) is 9.47 Å². The smallest absolute Gasteiger partial charge is 0.282 e. The maximum Gasteiger partial charge on any atom is 0.282 e. The summed E-state index contributed by atoms with van der Waals surface area (Å²) in [5, 5.41) is 10.5. The van der Waals surface area contributed by atoms with E-state index in [-0.39, 0.29) is 5.91 Å². The van der Waals surface area contributed by atoms with Gasteiger partial charge in [0.2, 0.25) is 9.47 Å². The third-order valence-corrected chi connectivity index (χ3v) is 3.71. The number of aromatic nitrogens is 2. The lowest BCUT2D eigenvalue weighted by Crippen LogP contribution is -2.29. The van der Waals surface area contributed by atoms with E-state index in [2.05, 4.69) is 29.4 Å². The molecule has 0 spiro atoms. The highest BCUT2D eigenvalue weighted by molar-refractivity contribution is 7.17. The van der Waals surface area contributed by atoms with Crippen molar-refractivity contribution >= 4 is 28.8 Å². The van der Waals surface area contributed by atoms with Crippen LogP contribution in [-0.4, -0.2) is 22.6 Å². The van der Waals surface area contributed by atoms with Crippen LogP contribution in [0.25, 0.3) is 0 Å². The van der Waals surface area contributed by atoms with E-state index < -0.39 is 0 Å². The number of amides is 1. The van der Waals surface area contributed by atoms with Gasteiger partial charge in [-0.25, -0.2) is 0 Å². The first-order valence-electron chi connectivity index (χ1n) is 5.94. The molecule has 0 fully saturated rings. The molecule has 0 bridgehead atoms. The fourth-order valence-corrected chi connectivity index (χ4v) is 2.30. The minimum atomic E-state index is -0.177. The Labute approximate surface area is 111 Å². The largest absolute Gasteiger partial charge is 0.350 e. The van der Waals surface area contributed by atoms with E-state index in [1.54, 1.807) is 0 Å². The monoisotopic (exact) mass is 275 g/mol. The zero-order valence-corrected chi connectivity index (χ0v) is 11.8. The second-order valence-corrected chi connectivity index (χ2v) is 5.55. The van der Waals surface area contributed by atoms with Crippen LogP contribution in [0.2, 0.25) is 4.47 Å². The maximum absolute atomic E-state index is 11.7. The normalized spacial score (nSPS) is 12.4. The van der Waals surface area contributed by atoms with Crippen LogP contribution in [0.1, 0.15) is 49.3 Å². The average Bonchev–Trinajstić information content (AvgIpc) is 2.76. The SMILES string of the molecule is CCCCC(CC)CNC(=O)c1nnc(Cl)s1. The summed E-state index contributed by atoms with van der Waals surface area (Å²) in [4.78, 5) is 11.7. The van der Waals surface area contributed by atoms with Gasteiger partial charge in [-0.3, -0.25) is 4.79 Å². The van der Waals surface area contributed by atoms with Gasteiger partial charge in [-0.15, -0.1) is 10.2 Å². The molecule has 1 atom stereocenters. The standard InChI is InChI=1S/C11H18ClN3OS/c1-3-5-6-8(4-2)7-13-9(16)10-14-15-11(12)17-10/h8H,3-7H2,1-2H3,(H,13,16). The lowest BCUT2D eigenvalue weighted by atomic mass is 9.99. The quantitative estimate of drug-likeness (QED) is 0.832. The molecule has 96 valence electrons. The summed E-state index contributed by atoms with van der Waals surface area (Å²) in [6, 6.07) is 0. The Morgan fingerprint density at radius 3 is 2.76 bits per heavy atom. The number of nitrogens with one attached hydrogen (secondary N) is 1. The number of carbonyl (C=O) groups is 1. The van der Waals surface area contributed by atoms with Crippen LogP contribution >= 0.6 is 22.9 Å². The summed E-state index contributed by atoms with van der Waals surface area (Å²) in [5.41, 5.74) is 0. The second kappa shape index (κ2) is 7.61. The predicted molar refractivity (Wildman–Crippen MR) is 70.6 cm³/mol. The van der Waals surface area contributed by atoms with Crippen LogP contribution in [0, 0.1) is 5.92 Å². The molecule has 1 unspecified atom stereocenters. The first kappa shape index (κ1) is 14.4. The molecule has 0 aliphatic rings. The van der Waals surface area contributed by atoms with Crippen molar-refractivity contribution in [2.75, 3.05) is 6.54 Å². The van der Waals surface area contributed by atoms with Crippen molar-refractivity contribution in [1.82, 2.24) is 15.5 Å². The van der Waals surface area contributed by atoms with Gasteiger partial charge in [0.1, 0.15) is 0 Å². The molecule has 17 heavy (non-hydrogen) atoms. The van der Waals surface area contributed by atoms with Crippen molar-refractivity contribution in [3.63, 3.8) is 0 Å². The predicted octanol–water partition coefficient (Wildman–Crippen LogP) is 3.14. The molecule has 6 heteroatoms. The summed E-state index contributed by atoms with van der Waals surface area (Å²) in [5.74, 6) is 0.367. The lowest BCUT2D eigenvalue weighted by Gasteiger charge is -2.14. The van der Waals surface area contributed by atoms with Crippen LogP contribution in [0.4, 0.5) is 0 Å². The van der Waals surface area contributed by atoms with Crippen LogP contribution < -0.4 is 5.32 Å². The van der Waals surface area contributed by atoms with Crippen molar-refractivity contribution in [2.24, 2.45) is 5.92 Å². The van der Waals surface area contributed by atoms with Gasteiger partial charge in [0.25, 0.3) is 5.91 Å². The van der Waals surface area contributed by atoms with Crippen LogP contribution in [0.15, 0.2) is 0 Å². The third kappa shape index (κ3) is 5.00. The zero-order valence-electron chi connectivity index (χ0n) is 10.2. The Bertz CT molecular complexity index is 356. The van der Waals surface area contributed by atoms with E-state index >= 15 is 0 Å². The van der Waals surface area contributed by atoms with E-state index in [4.69, 9.17) is 11.6 Å². The fraction of sp³-hybridized carbons (Fsp3) is 0.727. The van der Waals surface area contributed by atoms with Gasteiger partial charge >= 0.3 is 0 Å². The highest BCUT2D eigenvalue weighted by atomic mass is 35.5. The Balaban J connectivity index is 2.36. The molecule has 1 rings (SSSR count). The van der Waals surface area contributed by atoms with E-state index in [1.165, 1.54) is 12.8 Å². The molecule has 1 aromatic heterocycles. The van der Waals surface area contributed by atoms with Gasteiger partial charge in [0.15, 0.2) is 0 Å². The van der Waals surface area contributed by atoms with Crippen molar-refractivity contribution in [3.8, 4) is 0 Å². The van der Waals surface area contributed by atoms with Gasteiger partial charge in [-0.2, -0.15) is 0 Å². The zero-order chi connectivity index (χ0) is 12.7. The van der Waals surface area contributed by atoms with Crippen LogP contribution in [-0.2, 0) is 0 Å². The topological polar surface area (TPSA) is 54.9 Å². The van der Waals surface area contributed by atoms with Crippen molar-refractivity contribution in [1.29, 1.82) is 0 Å². The summed E-state index contributed by atoms with van der Waals surface area (Å²) >= 11 is 6.73. The molecular formula is C11H18ClN3OS. The maximum atomic E-state index is 11.7. The molecule has 1 amide bonds. The van der Waals surface area contributed by atoms with E-state index in [0.29, 0.717) is 21.9 Å². The molecule has 0 aliphatic heterocycles. The number of unbranched alkanes of at least 4 members (excludes halogenated alkanes) is 1. The number of hydrogen-bond acceptors (Lipinski definition) is 4. The van der Waals surface area contributed by atoms with E-state index in [1.807, 2.05) is 0 Å². The molecular weight excluding hydrogens is 258 g/mol. The molecule has 0 saturated carbocycles. The minimum Gasteiger partial charge on any atom is -0.350 e. The van der Waals surface area contributed by atoms with Gasteiger partial charge in [-0.1, -0.05) is 44.4 Å². The highest BCUT2D eigenvalue weighted by Gasteiger charge is 2.13. The molecule has 1 N–H and O–H groups in total. The molecule has 1 heterocycles. The Kier molecular flexibility index (Phi) is 6.44. The molecule has 0 radical (unpaired) electrons. The molecule has 4 nitrogen and oxygen atoms in total. The molecule has 1 aromatic rings. The van der Waals surface area contributed by atoms with E-state index in [0.717, 1.165) is 24.2 Å². The molecule has 0 saturated heterocycles. The van der Waals surface area contributed by atoms with Gasteiger partial charge in [-0.05, 0) is 23.9 Å². The number of carbonyl (C=O) groups excluding carboxylic acids is 1. The summed E-state index contributed by atoms with van der Waals surface area (Å²) in [6.07, 6.45) is 4.64.